The van der Waals surface area contributed by atoms with Gasteiger partial charge in [0.1, 0.15) is 10.5 Å². The van der Waals surface area contributed by atoms with E-state index in [1.807, 2.05) is 19.1 Å². The highest BCUT2D eigenvalue weighted by Gasteiger charge is 2.21. The van der Waals surface area contributed by atoms with Gasteiger partial charge >= 0.3 is 0 Å². The van der Waals surface area contributed by atoms with Gasteiger partial charge in [-0.2, -0.15) is 9.36 Å². The van der Waals surface area contributed by atoms with Crippen LogP contribution in [0.4, 0.5) is 16.8 Å². The zero-order valence-electron chi connectivity index (χ0n) is 13.3. The highest BCUT2D eigenvalue weighted by atomic mass is 32.1. The first kappa shape index (κ1) is 15.3. The molecule has 0 aromatic carbocycles. The number of nitrogens with zero attached hydrogens (tertiary/aromatic N) is 3. The molecule has 3 N–H and O–H groups in total. The number of anilines is 3. The smallest absolute Gasteiger partial charge is 0.230 e. The second-order valence-electron chi connectivity index (χ2n) is 6.14. The molecule has 0 amide bonds. The highest BCUT2D eigenvalue weighted by Crippen LogP contribution is 2.28. The maximum Gasteiger partial charge on any atom is 0.230 e. The van der Waals surface area contributed by atoms with Crippen molar-refractivity contribution < 1.29 is 9.52 Å². The van der Waals surface area contributed by atoms with Crippen molar-refractivity contribution in [3.8, 4) is 0 Å². The average molecular weight is 345 g/mol. The lowest BCUT2D eigenvalue weighted by Gasteiger charge is -2.26. The van der Waals surface area contributed by atoms with E-state index >= 15 is 0 Å². The maximum absolute atomic E-state index is 9.66. The van der Waals surface area contributed by atoms with Crippen molar-refractivity contribution in [1.82, 2.24) is 14.3 Å². The van der Waals surface area contributed by atoms with Gasteiger partial charge in [0.15, 0.2) is 11.4 Å². The minimum absolute atomic E-state index is 0.177. The Labute approximate surface area is 143 Å². The number of aliphatic hydroxyl groups is 1. The van der Waals surface area contributed by atoms with Gasteiger partial charge in [-0.3, -0.25) is 0 Å². The van der Waals surface area contributed by atoms with E-state index < -0.39 is 0 Å². The molecule has 1 fully saturated rings. The molecule has 3 aromatic heterocycles. The van der Waals surface area contributed by atoms with Crippen molar-refractivity contribution >= 4 is 39.4 Å². The van der Waals surface area contributed by atoms with Crippen molar-refractivity contribution in [3.63, 3.8) is 0 Å². The first-order chi connectivity index (χ1) is 11.7. The van der Waals surface area contributed by atoms with Crippen molar-refractivity contribution in [1.29, 1.82) is 0 Å². The molecule has 0 unspecified atom stereocenters. The van der Waals surface area contributed by atoms with Crippen LogP contribution < -0.4 is 10.6 Å². The van der Waals surface area contributed by atoms with E-state index in [1.54, 1.807) is 6.26 Å². The fraction of sp³-hybridized carbons (Fsp3) is 0.438. The fourth-order valence-electron chi connectivity index (χ4n) is 2.96. The average Bonchev–Trinajstić information content (AvgIpc) is 3.19. The van der Waals surface area contributed by atoms with Crippen LogP contribution in [0.25, 0.3) is 11.1 Å². The summed E-state index contributed by atoms with van der Waals surface area (Å²) in [4.78, 5) is 9.07. The largest absolute Gasteiger partial charge is 0.459 e. The molecule has 4 rings (SSSR count). The normalized spacial score (nSPS) is 21.1. The van der Waals surface area contributed by atoms with Crippen molar-refractivity contribution in [2.45, 2.75) is 44.8 Å². The first-order valence-corrected chi connectivity index (χ1v) is 8.85. The summed E-state index contributed by atoms with van der Waals surface area (Å²) in [6.07, 6.45) is 4.92. The summed E-state index contributed by atoms with van der Waals surface area (Å²) in [5, 5.41) is 17.2. The molecule has 0 bridgehead atoms. The van der Waals surface area contributed by atoms with Crippen LogP contribution in [-0.4, -0.2) is 31.6 Å². The van der Waals surface area contributed by atoms with E-state index in [2.05, 4.69) is 25.0 Å². The van der Waals surface area contributed by atoms with Crippen molar-refractivity contribution in [2.75, 3.05) is 10.6 Å². The zero-order valence-corrected chi connectivity index (χ0v) is 14.1. The molecule has 24 heavy (non-hydrogen) atoms. The summed E-state index contributed by atoms with van der Waals surface area (Å²) < 4.78 is 9.80. The lowest BCUT2D eigenvalue weighted by molar-refractivity contribution is 0.126. The summed E-state index contributed by atoms with van der Waals surface area (Å²) in [5.41, 5.74) is 2.38. The van der Waals surface area contributed by atoms with Crippen LogP contribution in [0.2, 0.25) is 0 Å². The van der Waals surface area contributed by atoms with Crippen LogP contribution in [-0.2, 0) is 0 Å². The summed E-state index contributed by atoms with van der Waals surface area (Å²) in [5.74, 6) is 1.21. The maximum atomic E-state index is 9.66. The molecule has 0 radical (unpaired) electrons. The standard InChI is InChI=1S/C16H19N5O2S/c1-9-8-13(24-21-9)19-16-18-12-6-7-23-14(12)15(20-16)17-10-2-4-11(22)5-3-10/h6-8,10-11,22H,2-5H2,1H3,(H2,17,18,19,20). The van der Waals surface area contributed by atoms with Gasteiger partial charge < -0.3 is 20.2 Å². The third-order valence-corrected chi connectivity index (χ3v) is 5.00. The minimum atomic E-state index is -0.177. The van der Waals surface area contributed by atoms with Gasteiger partial charge in [-0.15, -0.1) is 0 Å². The number of nitrogens with one attached hydrogen (secondary N) is 2. The van der Waals surface area contributed by atoms with Crippen LogP contribution in [0.5, 0.6) is 0 Å². The number of rotatable bonds is 4. The number of fused-ring (bicyclic) bond motifs is 1. The highest BCUT2D eigenvalue weighted by molar-refractivity contribution is 7.10. The molecule has 1 saturated carbocycles. The van der Waals surface area contributed by atoms with Gasteiger partial charge in [-0.1, -0.05) is 0 Å². The van der Waals surface area contributed by atoms with Gasteiger partial charge in [-0.05, 0) is 50.2 Å². The summed E-state index contributed by atoms with van der Waals surface area (Å²) in [6.45, 7) is 1.95. The molecule has 7 nitrogen and oxygen atoms in total. The SMILES string of the molecule is Cc1cc(Nc2nc(NC3CCC(O)CC3)c3occc3n2)sn1. The third-order valence-electron chi connectivity index (χ3n) is 4.20. The van der Waals surface area contributed by atoms with Gasteiger partial charge in [0, 0.05) is 12.1 Å². The predicted octanol–water partition coefficient (Wildman–Crippen LogP) is 3.45. The molecular weight excluding hydrogens is 326 g/mol. The van der Waals surface area contributed by atoms with E-state index in [-0.39, 0.29) is 12.1 Å². The van der Waals surface area contributed by atoms with Gasteiger partial charge in [0.25, 0.3) is 0 Å². The van der Waals surface area contributed by atoms with Crippen LogP contribution in [0.15, 0.2) is 22.8 Å². The molecule has 3 heterocycles. The summed E-state index contributed by atoms with van der Waals surface area (Å²) >= 11 is 1.38. The Kier molecular flexibility index (Phi) is 4.07. The van der Waals surface area contributed by atoms with Gasteiger partial charge in [0.05, 0.1) is 18.1 Å². The minimum Gasteiger partial charge on any atom is -0.459 e. The second kappa shape index (κ2) is 6.37. The predicted molar refractivity (Wildman–Crippen MR) is 93.8 cm³/mol. The van der Waals surface area contributed by atoms with Gasteiger partial charge in [0.2, 0.25) is 5.95 Å². The second-order valence-corrected chi connectivity index (χ2v) is 6.94. The monoisotopic (exact) mass is 345 g/mol. The lowest BCUT2D eigenvalue weighted by Crippen LogP contribution is -2.28. The van der Waals surface area contributed by atoms with Crippen molar-refractivity contribution in [2.24, 2.45) is 0 Å². The van der Waals surface area contributed by atoms with E-state index in [1.165, 1.54) is 11.5 Å². The number of hydrogen-bond donors (Lipinski definition) is 3. The number of hydrogen-bond acceptors (Lipinski definition) is 8. The van der Waals surface area contributed by atoms with Gasteiger partial charge in [-0.25, -0.2) is 4.98 Å². The molecular formula is C16H19N5O2S. The Bertz CT molecular complexity index is 838. The van der Waals surface area contributed by atoms with Crippen molar-refractivity contribution in [3.05, 3.63) is 24.1 Å². The number of furan rings is 1. The Balaban J connectivity index is 1.60. The zero-order chi connectivity index (χ0) is 16.5. The molecule has 0 spiro atoms. The molecule has 0 atom stereocenters. The molecule has 1 aliphatic rings. The Morgan fingerprint density at radius 2 is 2.08 bits per heavy atom. The third kappa shape index (κ3) is 3.20. The van der Waals surface area contributed by atoms with Crippen LogP contribution in [0, 0.1) is 6.92 Å². The quantitative estimate of drug-likeness (QED) is 0.666. The number of aromatic nitrogens is 3. The molecule has 3 aromatic rings. The fourth-order valence-corrected chi connectivity index (χ4v) is 3.62. The van der Waals surface area contributed by atoms with E-state index in [0.717, 1.165) is 41.9 Å². The van der Waals surface area contributed by atoms with E-state index in [9.17, 15) is 5.11 Å². The lowest BCUT2D eigenvalue weighted by atomic mass is 9.93. The first-order valence-electron chi connectivity index (χ1n) is 8.07. The molecule has 126 valence electrons. The Morgan fingerprint density at radius 1 is 1.25 bits per heavy atom. The topological polar surface area (TPSA) is 96.1 Å². The summed E-state index contributed by atoms with van der Waals surface area (Å²) in [7, 11) is 0. The molecule has 0 aliphatic heterocycles. The van der Waals surface area contributed by atoms with E-state index in [4.69, 9.17) is 4.42 Å². The van der Waals surface area contributed by atoms with Crippen LogP contribution >= 0.6 is 11.5 Å². The van der Waals surface area contributed by atoms with E-state index in [0.29, 0.717) is 17.3 Å². The number of aryl methyl sites for hydroxylation is 1. The number of aliphatic hydroxyl groups excluding tert-OH is 1. The summed E-state index contributed by atoms with van der Waals surface area (Å²) in [6, 6.07) is 4.08. The molecule has 1 aliphatic carbocycles. The molecule has 0 saturated heterocycles. The van der Waals surface area contributed by atoms with Crippen LogP contribution in [0.1, 0.15) is 31.4 Å². The Hall–Kier alpha value is -2.19. The van der Waals surface area contributed by atoms with Crippen LogP contribution in [0.3, 0.4) is 0 Å². The molecule has 8 heteroatoms. The Morgan fingerprint density at radius 3 is 2.83 bits per heavy atom.